The summed E-state index contributed by atoms with van der Waals surface area (Å²) >= 11 is 0. The molecule has 4 atom stereocenters. The van der Waals surface area contributed by atoms with E-state index in [-0.39, 0.29) is 98.1 Å². The average Bonchev–Trinajstić information content (AvgIpc) is 3.26. The second-order valence-corrected chi connectivity index (χ2v) is 17.5. The second kappa shape index (κ2) is 44.3. The molecule has 11 heteroatoms. The van der Waals surface area contributed by atoms with Gasteiger partial charge < -0.3 is 38.7 Å². The molecule has 0 aromatic heterocycles. The molecule has 0 saturated heterocycles. The van der Waals surface area contributed by atoms with E-state index in [0.717, 1.165) is 36.8 Å². The van der Waals surface area contributed by atoms with Crippen LogP contribution < -0.4 is 10.2 Å². The fourth-order valence-corrected chi connectivity index (χ4v) is 7.93. The summed E-state index contributed by atoms with van der Waals surface area (Å²) in [5.74, 6) is -2.82. The van der Waals surface area contributed by atoms with Gasteiger partial charge in [0.05, 0.1) is 25.4 Å². The predicted molar refractivity (Wildman–Crippen MR) is 258 cm³/mol. The van der Waals surface area contributed by atoms with Crippen molar-refractivity contribution in [3.63, 3.8) is 0 Å². The number of aliphatic carboxylic acids is 2. The first-order valence-electron chi connectivity index (χ1n) is 25.1. The topological polar surface area (TPSA) is 151 Å². The van der Waals surface area contributed by atoms with Gasteiger partial charge in [0, 0.05) is 38.6 Å². The van der Waals surface area contributed by atoms with Crippen LogP contribution in [0.2, 0.25) is 0 Å². The zero-order valence-electron chi connectivity index (χ0n) is 41.1. The number of carboxylic acid groups (broad SMARTS) is 2. The molecule has 0 aliphatic heterocycles. The summed E-state index contributed by atoms with van der Waals surface area (Å²) in [5, 5.41) is 21.5. The fourth-order valence-electron chi connectivity index (χ4n) is 7.93. The minimum absolute atomic E-state index is 0. The molecule has 2 aromatic rings. The van der Waals surface area contributed by atoms with Crippen molar-refractivity contribution < 1.29 is 48.3 Å². The third-order valence-electron chi connectivity index (χ3n) is 11.4. The van der Waals surface area contributed by atoms with Crippen LogP contribution in [0.15, 0.2) is 60.7 Å². The van der Waals surface area contributed by atoms with Crippen molar-refractivity contribution >= 4 is 72.8 Å². The standard InChI is InChI=1S/2C27H44O5.Ba/c2*1-3-4-5-6-7-8-9-10-14-18-25(31-22-24-16-12-11-13-17-24)21-26(32-23(2)28)19-15-20-27(29)30;/h2*11-13,16-17,25-26H,3-10,14-15,18-22H2,1-2H3,(H,29,30);/q;;+2/p-2. The Morgan fingerprint density at radius 1 is 0.431 bits per heavy atom. The van der Waals surface area contributed by atoms with Gasteiger partial charge in [-0.1, -0.05) is 190 Å². The van der Waals surface area contributed by atoms with Gasteiger partial charge in [-0.05, 0) is 62.5 Å². The van der Waals surface area contributed by atoms with Crippen LogP contribution in [0, 0.1) is 0 Å². The minimum Gasteiger partial charge on any atom is -0.550 e. The molecule has 0 bridgehead atoms. The van der Waals surface area contributed by atoms with Gasteiger partial charge in [-0.15, -0.1) is 0 Å². The van der Waals surface area contributed by atoms with Crippen LogP contribution in [-0.2, 0) is 51.3 Å². The molecular weight excluding hydrogens is 946 g/mol. The summed E-state index contributed by atoms with van der Waals surface area (Å²) in [7, 11) is 0. The monoisotopic (exact) mass is 1030 g/mol. The number of benzene rings is 2. The number of rotatable bonds is 40. The SMILES string of the molecule is CCCCCCCCCCCC(CC(CCCC(=O)[O-])OC(C)=O)OCc1ccccc1.CCCCCCCCCCCC(CC(CCCC(=O)[O-])OC(C)=O)OCc1ccccc1.[Ba+2]. The first kappa shape index (κ1) is 62.8. The zero-order valence-corrected chi connectivity index (χ0v) is 45.5. The third-order valence-corrected chi connectivity index (χ3v) is 11.4. The summed E-state index contributed by atoms with van der Waals surface area (Å²) in [6.45, 7) is 8.32. The molecule has 364 valence electrons. The van der Waals surface area contributed by atoms with Gasteiger partial charge in [-0.3, -0.25) is 9.59 Å². The molecule has 2 rings (SSSR count). The van der Waals surface area contributed by atoms with Crippen molar-refractivity contribution in [2.24, 2.45) is 0 Å². The normalized spacial score (nSPS) is 12.7. The van der Waals surface area contributed by atoms with Gasteiger partial charge in [-0.25, -0.2) is 0 Å². The van der Waals surface area contributed by atoms with E-state index < -0.39 is 11.9 Å². The van der Waals surface area contributed by atoms with Crippen molar-refractivity contribution in [2.75, 3.05) is 0 Å². The van der Waals surface area contributed by atoms with Gasteiger partial charge >= 0.3 is 60.8 Å². The van der Waals surface area contributed by atoms with Gasteiger partial charge in [0.2, 0.25) is 0 Å². The molecule has 0 amide bonds. The van der Waals surface area contributed by atoms with E-state index in [1.165, 1.54) is 117 Å². The van der Waals surface area contributed by atoms with E-state index in [4.69, 9.17) is 18.9 Å². The molecule has 10 nitrogen and oxygen atoms in total. The number of hydrogen-bond acceptors (Lipinski definition) is 10. The van der Waals surface area contributed by atoms with Crippen molar-refractivity contribution in [3.05, 3.63) is 71.8 Å². The molecule has 65 heavy (non-hydrogen) atoms. The summed E-state index contributed by atoms with van der Waals surface area (Å²) in [6, 6.07) is 20.1. The molecule has 0 heterocycles. The van der Waals surface area contributed by atoms with E-state index in [1.807, 2.05) is 60.7 Å². The Balaban J connectivity index is 0.00000124. The predicted octanol–water partition coefficient (Wildman–Crippen LogP) is 11.1. The zero-order chi connectivity index (χ0) is 46.9. The number of unbranched alkanes of at least 4 members (excludes halogenated alkanes) is 16. The smallest absolute Gasteiger partial charge is 0.550 e. The summed E-state index contributed by atoms with van der Waals surface area (Å²) < 4.78 is 23.4. The van der Waals surface area contributed by atoms with E-state index in [9.17, 15) is 29.4 Å². The van der Waals surface area contributed by atoms with Crippen LogP contribution >= 0.6 is 0 Å². The number of carbonyl (C=O) groups is 4. The van der Waals surface area contributed by atoms with E-state index in [1.54, 1.807) is 0 Å². The summed E-state index contributed by atoms with van der Waals surface area (Å²) in [6.07, 6.45) is 27.0. The largest absolute Gasteiger partial charge is 2.00 e. The van der Waals surface area contributed by atoms with Crippen LogP contribution in [0.25, 0.3) is 0 Å². The van der Waals surface area contributed by atoms with Gasteiger partial charge in [0.1, 0.15) is 12.2 Å². The van der Waals surface area contributed by atoms with Gasteiger partial charge in [0.15, 0.2) is 0 Å². The van der Waals surface area contributed by atoms with Crippen molar-refractivity contribution in [1.29, 1.82) is 0 Å². The first-order chi connectivity index (χ1) is 31.0. The van der Waals surface area contributed by atoms with E-state index in [0.29, 0.717) is 51.7 Å². The average molecular weight is 1030 g/mol. The minimum atomic E-state index is -1.07. The molecule has 0 N–H and O–H groups in total. The number of carbonyl (C=O) groups excluding carboxylic acids is 4. The van der Waals surface area contributed by atoms with Gasteiger partial charge in [-0.2, -0.15) is 0 Å². The third kappa shape index (κ3) is 40.6. The van der Waals surface area contributed by atoms with Crippen molar-refractivity contribution in [2.45, 2.75) is 245 Å². The second-order valence-electron chi connectivity index (χ2n) is 17.5. The summed E-state index contributed by atoms with van der Waals surface area (Å²) in [5.41, 5.74) is 2.23. The number of ether oxygens (including phenoxy) is 4. The Morgan fingerprint density at radius 2 is 0.723 bits per heavy atom. The van der Waals surface area contributed by atoms with Crippen LogP contribution in [0.4, 0.5) is 0 Å². The molecule has 0 spiro atoms. The van der Waals surface area contributed by atoms with Crippen LogP contribution in [-0.4, -0.2) is 97.2 Å². The van der Waals surface area contributed by atoms with Crippen LogP contribution in [0.5, 0.6) is 0 Å². The molecule has 0 fully saturated rings. The Hall–Kier alpha value is -2.19. The number of hydrogen-bond donors (Lipinski definition) is 0. The van der Waals surface area contributed by atoms with E-state index in [2.05, 4.69) is 13.8 Å². The maximum atomic E-state index is 11.5. The molecule has 0 radical (unpaired) electrons. The quantitative estimate of drug-likeness (QED) is 0.0358. The first-order valence-corrected chi connectivity index (χ1v) is 25.1. The Bertz CT molecular complexity index is 1320. The Labute approximate surface area is 434 Å². The maximum absolute atomic E-state index is 11.5. The molecule has 0 saturated carbocycles. The van der Waals surface area contributed by atoms with Crippen molar-refractivity contribution in [1.82, 2.24) is 0 Å². The maximum Gasteiger partial charge on any atom is 2.00 e. The van der Waals surface area contributed by atoms with Crippen LogP contribution in [0.1, 0.15) is 219 Å². The Morgan fingerprint density at radius 3 is 1.02 bits per heavy atom. The molecule has 0 aliphatic carbocycles. The molecular formula is C54H86BaO10. The van der Waals surface area contributed by atoms with Crippen molar-refractivity contribution in [3.8, 4) is 0 Å². The number of carboxylic acids is 2. The molecule has 2 aromatic carbocycles. The summed E-state index contributed by atoms with van der Waals surface area (Å²) in [4.78, 5) is 44.6. The molecule has 4 unspecified atom stereocenters. The van der Waals surface area contributed by atoms with Crippen LogP contribution in [0.3, 0.4) is 0 Å². The molecule has 0 aliphatic rings. The van der Waals surface area contributed by atoms with Gasteiger partial charge in [0.25, 0.3) is 0 Å². The fraction of sp³-hybridized carbons (Fsp3) is 0.704. The number of esters is 2. The van der Waals surface area contributed by atoms with E-state index >= 15 is 0 Å². The Kier molecular flexibility index (Phi) is 42.8.